The molecule has 0 saturated heterocycles. The summed E-state index contributed by atoms with van der Waals surface area (Å²) >= 11 is 7.38. The van der Waals surface area contributed by atoms with E-state index in [1.807, 2.05) is 0 Å². The molecule has 90 valence electrons. The summed E-state index contributed by atoms with van der Waals surface area (Å²) in [5.74, 6) is -1.68. The Kier molecular flexibility index (Phi) is 8.83. The van der Waals surface area contributed by atoms with Gasteiger partial charge in [-0.2, -0.15) is 25.3 Å². The van der Waals surface area contributed by atoms with Crippen LogP contribution < -0.4 is 11.5 Å². The summed E-state index contributed by atoms with van der Waals surface area (Å²) in [5, 5.41) is 16.3. The lowest BCUT2D eigenvalue weighted by atomic mass is 10.1. The minimum atomic E-state index is -1.18. The number of carboxylic acid groups (broad SMARTS) is 2. The van der Waals surface area contributed by atoms with E-state index >= 15 is 0 Å². The van der Waals surface area contributed by atoms with Crippen LogP contribution in [0.1, 0.15) is 6.92 Å². The first-order chi connectivity index (χ1) is 6.68. The van der Waals surface area contributed by atoms with E-state index in [4.69, 9.17) is 21.7 Å². The fraction of sp³-hybridized carbons (Fsp3) is 0.714. The molecule has 0 saturated carbocycles. The number of hydrogen-bond acceptors (Lipinski definition) is 6. The van der Waals surface area contributed by atoms with Crippen LogP contribution in [0.3, 0.4) is 0 Å². The maximum atomic E-state index is 10.1. The highest BCUT2D eigenvalue weighted by Crippen LogP contribution is 1.99. The van der Waals surface area contributed by atoms with Crippen LogP contribution in [0, 0.1) is 0 Å². The molecule has 0 radical (unpaired) electrons. The molecule has 0 rings (SSSR count). The molecule has 0 aliphatic rings. The van der Waals surface area contributed by atoms with E-state index in [9.17, 15) is 9.59 Å². The van der Waals surface area contributed by atoms with Crippen molar-refractivity contribution < 1.29 is 19.8 Å². The Labute approximate surface area is 98.8 Å². The zero-order chi connectivity index (χ0) is 12.6. The minimum Gasteiger partial charge on any atom is -0.480 e. The Morgan fingerprint density at radius 3 is 1.80 bits per heavy atom. The lowest BCUT2D eigenvalue weighted by molar-refractivity contribution is -0.141. The molecule has 0 fully saturated rings. The Morgan fingerprint density at radius 2 is 1.80 bits per heavy atom. The molecule has 0 aromatic heterocycles. The molecule has 6 nitrogen and oxygen atoms in total. The van der Waals surface area contributed by atoms with E-state index in [1.54, 1.807) is 0 Å². The molecule has 8 heteroatoms. The van der Waals surface area contributed by atoms with Crippen LogP contribution in [-0.4, -0.2) is 45.2 Å². The van der Waals surface area contributed by atoms with Gasteiger partial charge in [-0.05, 0) is 6.92 Å². The number of thiol groups is 2. The molecule has 0 aromatic rings. The van der Waals surface area contributed by atoms with Crippen LogP contribution in [-0.2, 0) is 9.59 Å². The van der Waals surface area contributed by atoms with Gasteiger partial charge in [0.1, 0.15) is 11.6 Å². The monoisotopic (exact) mass is 256 g/mol. The molecular formula is C7H16N2O4S2. The van der Waals surface area contributed by atoms with Gasteiger partial charge in [-0.1, -0.05) is 0 Å². The molecule has 0 amide bonds. The maximum absolute atomic E-state index is 10.1. The van der Waals surface area contributed by atoms with Crippen LogP contribution in [0.4, 0.5) is 0 Å². The smallest absolute Gasteiger partial charge is 0.324 e. The predicted octanol–water partition coefficient (Wildman–Crippen LogP) is -0.954. The van der Waals surface area contributed by atoms with Gasteiger partial charge in [0.15, 0.2) is 0 Å². The number of nitrogens with two attached hydrogens (primary N) is 2. The Balaban J connectivity index is 0. The van der Waals surface area contributed by atoms with Crippen molar-refractivity contribution >= 4 is 37.2 Å². The van der Waals surface area contributed by atoms with E-state index in [-0.39, 0.29) is 11.5 Å². The summed E-state index contributed by atoms with van der Waals surface area (Å²) in [7, 11) is 0. The van der Waals surface area contributed by atoms with Gasteiger partial charge in [-0.3, -0.25) is 9.59 Å². The Bertz CT molecular complexity index is 223. The summed E-state index contributed by atoms with van der Waals surface area (Å²) in [6, 6.07) is -0.816. The van der Waals surface area contributed by atoms with Crippen molar-refractivity contribution in [2.24, 2.45) is 11.5 Å². The van der Waals surface area contributed by atoms with E-state index in [2.05, 4.69) is 25.3 Å². The molecule has 0 aliphatic carbocycles. The van der Waals surface area contributed by atoms with Crippen LogP contribution in [0.5, 0.6) is 0 Å². The fourth-order valence-corrected chi connectivity index (χ4v) is 0.437. The molecule has 0 spiro atoms. The normalized spacial score (nSPS) is 15.5. The van der Waals surface area contributed by atoms with Crippen molar-refractivity contribution in [2.45, 2.75) is 18.5 Å². The summed E-state index contributed by atoms with van der Waals surface area (Å²) in [5.41, 5.74) is 8.95. The second-order valence-electron chi connectivity index (χ2n) is 3.01. The third-order valence-corrected chi connectivity index (χ3v) is 2.38. The number of carbonyl (C=O) groups is 2. The van der Waals surface area contributed by atoms with E-state index in [0.29, 0.717) is 0 Å². The van der Waals surface area contributed by atoms with Crippen molar-refractivity contribution in [1.82, 2.24) is 0 Å². The molecule has 0 heterocycles. The van der Waals surface area contributed by atoms with Gasteiger partial charge in [0, 0.05) is 11.5 Å². The van der Waals surface area contributed by atoms with Gasteiger partial charge in [-0.15, -0.1) is 0 Å². The highest BCUT2D eigenvalue weighted by Gasteiger charge is 2.25. The van der Waals surface area contributed by atoms with Gasteiger partial charge in [-0.25, -0.2) is 0 Å². The van der Waals surface area contributed by atoms with Crippen LogP contribution >= 0.6 is 25.3 Å². The molecule has 2 unspecified atom stereocenters. The Morgan fingerprint density at radius 1 is 1.40 bits per heavy atom. The highest BCUT2D eigenvalue weighted by molar-refractivity contribution is 7.80. The third-order valence-electron chi connectivity index (χ3n) is 1.33. The van der Waals surface area contributed by atoms with Crippen LogP contribution in [0.2, 0.25) is 0 Å². The number of carboxylic acids is 2. The predicted molar refractivity (Wildman–Crippen MR) is 63.5 cm³/mol. The van der Waals surface area contributed by atoms with E-state index < -0.39 is 23.5 Å². The summed E-state index contributed by atoms with van der Waals surface area (Å²) in [6.45, 7) is 1.42. The maximum Gasteiger partial charge on any atom is 0.324 e. The van der Waals surface area contributed by atoms with Crippen molar-refractivity contribution in [3.05, 3.63) is 0 Å². The number of hydrogen-bond donors (Lipinski definition) is 6. The fourth-order valence-electron chi connectivity index (χ4n) is 0.146. The number of rotatable bonds is 4. The van der Waals surface area contributed by atoms with Crippen molar-refractivity contribution in [1.29, 1.82) is 0 Å². The SMILES string of the molecule is CC(N)(CS)C(=O)O.NC(CS)C(=O)O. The van der Waals surface area contributed by atoms with Gasteiger partial charge < -0.3 is 21.7 Å². The zero-order valence-corrected chi connectivity index (χ0v) is 10.0. The lowest BCUT2D eigenvalue weighted by Gasteiger charge is -2.14. The van der Waals surface area contributed by atoms with Crippen molar-refractivity contribution in [3.63, 3.8) is 0 Å². The van der Waals surface area contributed by atoms with E-state index in [1.165, 1.54) is 6.92 Å². The first-order valence-electron chi connectivity index (χ1n) is 3.91. The zero-order valence-electron chi connectivity index (χ0n) is 8.25. The number of aliphatic carboxylic acids is 2. The van der Waals surface area contributed by atoms with Gasteiger partial charge >= 0.3 is 11.9 Å². The molecule has 0 aromatic carbocycles. The van der Waals surface area contributed by atoms with Crippen LogP contribution in [0.15, 0.2) is 0 Å². The second-order valence-corrected chi connectivity index (χ2v) is 3.69. The van der Waals surface area contributed by atoms with Crippen molar-refractivity contribution in [3.8, 4) is 0 Å². The Hall–Kier alpha value is -0.440. The summed E-state index contributed by atoms with van der Waals surface area (Å²) in [6.07, 6.45) is 0. The first-order valence-corrected chi connectivity index (χ1v) is 5.18. The van der Waals surface area contributed by atoms with E-state index in [0.717, 1.165) is 0 Å². The minimum absolute atomic E-state index is 0.155. The van der Waals surface area contributed by atoms with Crippen LogP contribution in [0.25, 0.3) is 0 Å². The molecule has 15 heavy (non-hydrogen) atoms. The van der Waals surface area contributed by atoms with Gasteiger partial charge in [0.05, 0.1) is 0 Å². The molecule has 2 atom stereocenters. The molecule has 6 N–H and O–H groups in total. The molecular weight excluding hydrogens is 240 g/mol. The largest absolute Gasteiger partial charge is 0.480 e. The second kappa shape index (κ2) is 7.80. The quantitative estimate of drug-likeness (QED) is 0.360. The topological polar surface area (TPSA) is 127 Å². The average Bonchev–Trinajstić information content (AvgIpc) is 2.17. The first kappa shape index (κ1) is 17.0. The van der Waals surface area contributed by atoms with Gasteiger partial charge in [0.25, 0.3) is 0 Å². The average molecular weight is 256 g/mol. The van der Waals surface area contributed by atoms with Gasteiger partial charge in [0.2, 0.25) is 0 Å². The standard InChI is InChI=1S/C4H9NO2S.C3H7NO2S/c1-4(5,2-8)3(6)7;4-2(1-7)3(5)6/h8H,2,5H2,1H3,(H,6,7);2,7H,1,4H2,(H,5,6). The summed E-state index contributed by atoms with van der Waals surface area (Å²) < 4.78 is 0. The molecule has 0 aliphatic heterocycles. The highest BCUT2D eigenvalue weighted by atomic mass is 32.1. The lowest BCUT2D eigenvalue weighted by Crippen LogP contribution is -2.46. The van der Waals surface area contributed by atoms with Crippen molar-refractivity contribution in [2.75, 3.05) is 11.5 Å². The third kappa shape index (κ3) is 8.55. The molecule has 0 bridgehead atoms. The summed E-state index contributed by atoms with van der Waals surface area (Å²) in [4.78, 5) is 19.8.